The number of rotatable bonds is 13. The molecule has 2 unspecified atom stereocenters. The summed E-state index contributed by atoms with van der Waals surface area (Å²) in [6.07, 6.45) is 0.761. The molecule has 0 bridgehead atoms. The molecule has 1 saturated heterocycles. The number of nitrogens with zero attached hydrogens (tertiary/aromatic N) is 5. The summed E-state index contributed by atoms with van der Waals surface area (Å²) in [6.45, 7) is 1.58. The Morgan fingerprint density at radius 1 is 0.902 bits per heavy atom. The van der Waals surface area contributed by atoms with E-state index in [4.69, 9.17) is 46.1 Å². The van der Waals surface area contributed by atoms with Crippen LogP contribution >= 0.6 is 22.9 Å². The maximum absolute atomic E-state index is 13.6. The summed E-state index contributed by atoms with van der Waals surface area (Å²) >= 11 is 7.56. The lowest BCUT2D eigenvalue weighted by molar-refractivity contribution is -0.0145. The van der Waals surface area contributed by atoms with Gasteiger partial charge in [0.05, 0.1) is 59.4 Å². The van der Waals surface area contributed by atoms with Gasteiger partial charge in [0.25, 0.3) is 11.8 Å². The number of aliphatic hydroxyl groups is 2. The molecule has 2 amide bonds. The molecule has 1 fully saturated rings. The van der Waals surface area contributed by atoms with E-state index in [1.54, 1.807) is 54.7 Å². The van der Waals surface area contributed by atoms with E-state index in [1.165, 1.54) is 11.3 Å². The van der Waals surface area contributed by atoms with Gasteiger partial charge in [0.15, 0.2) is 5.13 Å². The number of carbonyl (C=O) groups excluding carboxylic acids is 2. The predicted molar refractivity (Wildman–Crippen MR) is 233 cm³/mol. The molecule has 0 saturated carbocycles. The highest BCUT2D eigenvalue weighted by atomic mass is 35.5. The van der Waals surface area contributed by atoms with Gasteiger partial charge in [-0.1, -0.05) is 35.9 Å². The second-order valence-corrected chi connectivity index (χ2v) is 15.6. The Balaban J connectivity index is 0.903. The molecule has 4 aromatic carbocycles. The first-order chi connectivity index (χ1) is 29.8. The minimum Gasteiger partial charge on any atom is -0.491 e. The summed E-state index contributed by atoms with van der Waals surface area (Å²) in [5, 5.41) is 27.5. The number of hydrogen-bond acceptors (Lipinski definition) is 12. The highest BCUT2D eigenvalue weighted by molar-refractivity contribution is 7.14. The summed E-state index contributed by atoms with van der Waals surface area (Å²) in [5.74, 6) is 1.00. The number of aromatic nitrogens is 6. The number of aromatic amines is 2. The quantitative estimate of drug-likeness (QED) is 0.0691. The van der Waals surface area contributed by atoms with E-state index in [2.05, 4.69) is 25.5 Å². The van der Waals surface area contributed by atoms with Gasteiger partial charge in [-0.05, 0) is 72.8 Å². The smallest absolute Gasteiger partial charge is 0.259 e. The second-order valence-electron chi connectivity index (χ2n) is 14.3. The molecule has 0 radical (unpaired) electrons. The standard InChI is InChI=1S/C44H38ClN9O6S/c45-26-6-1-5-25(19-26)40-49-34-10-3-8-33(37(34)51-40)43(58)53-44-48-28(24-61-44)20-54-17-18-59-23-36(54)39-31(9-4-16-46-39)41-50-35-11-2-7-32(38(35)52-41)42(57)47-27-12-14-30(15-13-27)60-22-29(56)21-55/h1-16,19,24,29,36,55-56H,17-18,20-23H2,(H,47,57)(H,49,51)(H,50,52)(H,48,53,58). The summed E-state index contributed by atoms with van der Waals surface area (Å²) < 4.78 is 11.5. The summed E-state index contributed by atoms with van der Waals surface area (Å²) in [5.41, 5.74) is 6.94. The largest absolute Gasteiger partial charge is 0.491 e. The van der Waals surface area contributed by atoms with Crippen molar-refractivity contribution < 1.29 is 29.3 Å². The number of carbonyl (C=O) groups is 2. The summed E-state index contributed by atoms with van der Waals surface area (Å²) in [6, 6.07) is 28.5. The van der Waals surface area contributed by atoms with Gasteiger partial charge in [-0.2, -0.15) is 0 Å². The van der Waals surface area contributed by atoms with Crippen molar-refractivity contribution in [2.24, 2.45) is 0 Å². The molecule has 1 aliphatic rings. The number of imidazole rings is 2. The van der Waals surface area contributed by atoms with Crippen LogP contribution in [0.25, 0.3) is 44.8 Å². The van der Waals surface area contributed by atoms with Crippen LogP contribution in [0.2, 0.25) is 5.02 Å². The maximum atomic E-state index is 13.6. The second kappa shape index (κ2) is 17.6. The Bertz CT molecular complexity index is 2860. The van der Waals surface area contributed by atoms with Gasteiger partial charge in [-0.25, -0.2) is 15.0 Å². The molecule has 61 heavy (non-hydrogen) atoms. The number of amides is 2. The van der Waals surface area contributed by atoms with Crippen LogP contribution in [0.15, 0.2) is 109 Å². The molecule has 0 aliphatic carbocycles. The number of fused-ring (bicyclic) bond motifs is 2. The fourth-order valence-corrected chi connectivity index (χ4v) is 8.07. The van der Waals surface area contributed by atoms with Gasteiger partial charge >= 0.3 is 0 Å². The van der Waals surface area contributed by atoms with E-state index >= 15 is 0 Å². The zero-order valence-corrected chi connectivity index (χ0v) is 33.9. The third-order valence-corrected chi connectivity index (χ3v) is 11.2. The van der Waals surface area contributed by atoms with Crippen molar-refractivity contribution in [1.82, 2.24) is 34.8 Å². The number of anilines is 2. The van der Waals surface area contributed by atoms with E-state index in [0.717, 1.165) is 28.0 Å². The van der Waals surface area contributed by atoms with E-state index in [9.17, 15) is 14.7 Å². The fraction of sp³-hybridized carbons (Fsp3) is 0.182. The van der Waals surface area contributed by atoms with Crippen LogP contribution in [-0.4, -0.2) is 95.9 Å². The normalized spacial score (nSPS) is 14.9. The topological polar surface area (TPSA) is 204 Å². The predicted octanol–water partition coefficient (Wildman–Crippen LogP) is 7.09. The number of H-pyrrole nitrogens is 2. The van der Waals surface area contributed by atoms with Crippen LogP contribution in [-0.2, 0) is 11.3 Å². The molecule has 17 heteroatoms. The van der Waals surface area contributed by atoms with Gasteiger partial charge in [0.2, 0.25) is 0 Å². The Kier molecular flexibility index (Phi) is 11.5. The minimum absolute atomic E-state index is 0.0512. The van der Waals surface area contributed by atoms with Crippen molar-refractivity contribution in [1.29, 1.82) is 0 Å². The maximum Gasteiger partial charge on any atom is 0.259 e. The number of halogens is 1. The van der Waals surface area contributed by atoms with E-state index in [1.807, 2.05) is 53.9 Å². The molecular formula is C44H38ClN9O6S. The number of nitrogens with one attached hydrogen (secondary N) is 4. The van der Waals surface area contributed by atoms with Crippen LogP contribution in [0, 0.1) is 0 Å². The minimum atomic E-state index is -0.982. The van der Waals surface area contributed by atoms with Crippen LogP contribution < -0.4 is 15.4 Å². The lowest BCUT2D eigenvalue weighted by Gasteiger charge is -2.35. The molecule has 0 spiro atoms. The lowest BCUT2D eigenvalue weighted by atomic mass is 10.0. The molecule has 15 nitrogen and oxygen atoms in total. The van der Waals surface area contributed by atoms with Crippen LogP contribution in [0.4, 0.5) is 10.8 Å². The van der Waals surface area contributed by atoms with E-state index in [-0.39, 0.29) is 24.5 Å². The number of pyridine rings is 1. The molecule has 5 heterocycles. The number of ether oxygens (including phenoxy) is 2. The number of thiazole rings is 1. The first kappa shape index (κ1) is 39.9. The Morgan fingerprint density at radius 2 is 1.62 bits per heavy atom. The molecule has 9 rings (SSSR count). The third-order valence-electron chi connectivity index (χ3n) is 10.2. The Morgan fingerprint density at radius 3 is 2.38 bits per heavy atom. The Hall–Kier alpha value is -6.53. The van der Waals surface area contributed by atoms with Gasteiger partial charge in [0, 0.05) is 46.5 Å². The van der Waals surface area contributed by atoms with E-state index < -0.39 is 12.7 Å². The molecule has 4 aromatic heterocycles. The van der Waals surface area contributed by atoms with Gasteiger partial charge in [0.1, 0.15) is 41.1 Å². The third kappa shape index (κ3) is 8.72. The van der Waals surface area contributed by atoms with Crippen molar-refractivity contribution in [2.45, 2.75) is 18.7 Å². The number of hydrogen-bond donors (Lipinski definition) is 6. The number of aliphatic hydroxyl groups excluding tert-OH is 2. The van der Waals surface area contributed by atoms with Crippen molar-refractivity contribution >= 4 is 67.6 Å². The van der Waals surface area contributed by atoms with Crippen LogP contribution in [0.3, 0.4) is 0 Å². The van der Waals surface area contributed by atoms with Gasteiger partial charge in [-0.3, -0.25) is 24.8 Å². The van der Waals surface area contributed by atoms with Crippen molar-refractivity contribution in [3.8, 4) is 28.5 Å². The summed E-state index contributed by atoms with van der Waals surface area (Å²) in [4.78, 5) is 55.4. The van der Waals surface area contributed by atoms with Crippen molar-refractivity contribution in [3.05, 3.63) is 136 Å². The molecule has 1 aliphatic heterocycles. The van der Waals surface area contributed by atoms with Gasteiger partial charge < -0.3 is 35.0 Å². The number of benzene rings is 4. The van der Waals surface area contributed by atoms with Crippen molar-refractivity contribution in [3.63, 3.8) is 0 Å². The highest BCUT2D eigenvalue weighted by Gasteiger charge is 2.30. The zero-order valence-electron chi connectivity index (χ0n) is 32.3. The SMILES string of the molecule is O=C(Nc1nc(CN2CCOCC2c2ncccc2-c2nc3c(C(=O)Nc4ccc(OCC(O)CO)cc4)cccc3[nH]2)cs1)c1cccc2[nH]c(-c3cccc(Cl)c3)nc12. The zero-order chi connectivity index (χ0) is 41.9. The summed E-state index contributed by atoms with van der Waals surface area (Å²) in [7, 11) is 0. The molecule has 6 N–H and O–H groups in total. The molecular weight excluding hydrogens is 818 g/mol. The first-order valence-corrected chi connectivity index (χ1v) is 20.6. The highest BCUT2D eigenvalue weighted by Crippen LogP contribution is 2.34. The Labute approximate surface area is 357 Å². The number of para-hydroxylation sites is 2. The average Bonchev–Trinajstić information content (AvgIpc) is 4.05. The van der Waals surface area contributed by atoms with Crippen LogP contribution in [0.1, 0.15) is 38.1 Å². The van der Waals surface area contributed by atoms with Crippen LogP contribution in [0.5, 0.6) is 5.75 Å². The average molecular weight is 856 g/mol. The monoisotopic (exact) mass is 855 g/mol. The first-order valence-electron chi connectivity index (χ1n) is 19.4. The molecule has 308 valence electrons. The van der Waals surface area contributed by atoms with Crippen molar-refractivity contribution in [2.75, 3.05) is 43.6 Å². The fourth-order valence-electron chi connectivity index (χ4n) is 7.18. The van der Waals surface area contributed by atoms with Gasteiger partial charge in [-0.15, -0.1) is 11.3 Å². The molecule has 2 atom stereocenters. The lowest BCUT2D eigenvalue weighted by Crippen LogP contribution is -2.39. The van der Waals surface area contributed by atoms with E-state index in [0.29, 0.717) is 87.2 Å². The molecule has 8 aromatic rings. The number of morpholine rings is 1.